The van der Waals surface area contributed by atoms with Crippen LogP contribution in [0.1, 0.15) is 0 Å². The van der Waals surface area contributed by atoms with Crippen LogP contribution in [-0.2, 0) is 0 Å². The predicted octanol–water partition coefficient (Wildman–Crippen LogP) is -1.42. The number of nitrogens with one attached hydrogen (secondary N) is 1. The number of carbonyl (C=O) groups excluding carboxylic acids is 1. The summed E-state index contributed by atoms with van der Waals surface area (Å²) < 4.78 is 0. The number of hydrogen-bond acceptors (Lipinski definition) is 3. The van der Waals surface area contributed by atoms with Crippen LogP contribution in [-0.4, -0.2) is 49.3 Å². The highest BCUT2D eigenvalue weighted by Gasteiger charge is 2.05. The summed E-state index contributed by atoms with van der Waals surface area (Å²) in [5, 5.41) is 11.4. The van der Waals surface area contributed by atoms with Gasteiger partial charge in [0, 0.05) is 27.2 Å². The molecule has 0 aliphatic rings. The van der Waals surface area contributed by atoms with Crippen LogP contribution in [0, 0.1) is 0 Å². The normalized spacial score (nSPS) is 12.4. The van der Waals surface area contributed by atoms with Crippen LogP contribution < -0.4 is 11.1 Å². The van der Waals surface area contributed by atoms with Crippen molar-refractivity contribution < 1.29 is 9.90 Å². The standard InChI is InChI=1S/C6H15N3O2/c1-9(2)6(11)8-4-5(10)3-7/h5,10H,3-4,7H2,1-2H3,(H,8,11). The second kappa shape index (κ2) is 4.92. The molecule has 0 bridgehead atoms. The number of rotatable bonds is 3. The van der Waals surface area contributed by atoms with Gasteiger partial charge in [-0.3, -0.25) is 0 Å². The van der Waals surface area contributed by atoms with Gasteiger partial charge in [-0.1, -0.05) is 0 Å². The number of nitrogens with two attached hydrogens (primary N) is 1. The van der Waals surface area contributed by atoms with E-state index in [1.807, 2.05) is 0 Å². The molecule has 0 spiro atoms. The van der Waals surface area contributed by atoms with E-state index in [4.69, 9.17) is 10.8 Å². The average Bonchev–Trinajstić information content (AvgIpc) is 1.99. The van der Waals surface area contributed by atoms with Gasteiger partial charge in [0.05, 0.1) is 6.10 Å². The van der Waals surface area contributed by atoms with E-state index in [1.54, 1.807) is 14.1 Å². The molecule has 0 aromatic rings. The van der Waals surface area contributed by atoms with Gasteiger partial charge in [-0.05, 0) is 0 Å². The highest BCUT2D eigenvalue weighted by molar-refractivity contribution is 5.73. The first-order chi connectivity index (χ1) is 5.07. The lowest BCUT2D eigenvalue weighted by Crippen LogP contribution is -2.41. The fourth-order valence-corrected chi connectivity index (χ4v) is 0.447. The van der Waals surface area contributed by atoms with Crippen molar-refractivity contribution in [3.05, 3.63) is 0 Å². The Morgan fingerprint density at radius 2 is 2.27 bits per heavy atom. The van der Waals surface area contributed by atoms with Gasteiger partial charge < -0.3 is 21.1 Å². The summed E-state index contributed by atoms with van der Waals surface area (Å²) in [5.74, 6) is 0. The van der Waals surface area contributed by atoms with Gasteiger partial charge in [-0.25, -0.2) is 4.79 Å². The van der Waals surface area contributed by atoms with Gasteiger partial charge in [0.1, 0.15) is 0 Å². The quantitative estimate of drug-likeness (QED) is 0.475. The molecule has 1 unspecified atom stereocenters. The topological polar surface area (TPSA) is 78.6 Å². The smallest absolute Gasteiger partial charge is 0.316 e. The van der Waals surface area contributed by atoms with Crippen molar-refractivity contribution >= 4 is 6.03 Å². The molecule has 5 nitrogen and oxygen atoms in total. The van der Waals surface area contributed by atoms with Crippen molar-refractivity contribution in [2.24, 2.45) is 5.73 Å². The molecule has 0 radical (unpaired) electrons. The molecule has 4 N–H and O–H groups in total. The van der Waals surface area contributed by atoms with Crippen LogP contribution in [0.2, 0.25) is 0 Å². The highest BCUT2D eigenvalue weighted by atomic mass is 16.3. The SMILES string of the molecule is CN(C)C(=O)NCC(O)CN. The average molecular weight is 161 g/mol. The molecule has 0 aromatic heterocycles. The minimum absolute atomic E-state index is 0.160. The monoisotopic (exact) mass is 161 g/mol. The first-order valence-corrected chi connectivity index (χ1v) is 3.41. The Kier molecular flexibility index (Phi) is 4.56. The van der Waals surface area contributed by atoms with E-state index in [9.17, 15) is 4.79 Å². The Hall–Kier alpha value is -0.810. The number of aliphatic hydroxyl groups is 1. The van der Waals surface area contributed by atoms with E-state index in [-0.39, 0.29) is 19.1 Å². The van der Waals surface area contributed by atoms with Crippen molar-refractivity contribution in [1.29, 1.82) is 0 Å². The van der Waals surface area contributed by atoms with Gasteiger partial charge in [0.15, 0.2) is 0 Å². The Morgan fingerprint density at radius 1 is 1.73 bits per heavy atom. The molecule has 0 heterocycles. The van der Waals surface area contributed by atoms with Gasteiger partial charge in [-0.2, -0.15) is 0 Å². The molecule has 0 aliphatic carbocycles. The second-order valence-corrected chi connectivity index (χ2v) is 2.47. The predicted molar refractivity (Wildman–Crippen MR) is 42.1 cm³/mol. The number of nitrogens with zero attached hydrogens (tertiary/aromatic N) is 1. The summed E-state index contributed by atoms with van der Waals surface area (Å²) in [4.78, 5) is 12.2. The van der Waals surface area contributed by atoms with Crippen molar-refractivity contribution in [1.82, 2.24) is 10.2 Å². The first kappa shape index (κ1) is 10.2. The van der Waals surface area contributed by atoms with E-state index in [0.717, 1.165) is 0 Å². The molecule has 0 aromatic carbocycles. The number of urea groups is 1. The lowest BCUT2D eigenvalue weighted by atomic mass is 10.3. The van der Waals surface area contributed by atoms with Gasteiger partial charge in [0.25, 0.3) is 0 Å². The van der Waals surface area contributed by atoms with E-state index in [2.05, 4.69) is 5.32 Å². The molecule has 5 heteroatoms. The minimum Gasteiger partial charge on any atom is -0.390 e. The van der Waals surface area contributed by atoms with Gasteiger partial charge >= 0.3 is 6.03 Å². The zero-order chi connectivity index (χ0) is 8.85. The molecular formula is C6H15N3O2. The maximum atomic E-state index is 10.8. The van der Waals surface area contributed by atoms with E-state index < -0.39 is 6.10 Å². The molecule has 1 atom stereocenters. The first-order valence-electron chi connectivity index (χ1n) is 3.41. The zero-order valence-corrected chi connectivity index (χ0v) is 6.87. The number of amides is 2. The third-order valence-electron chi connectivity index (χ3n) is 1.17. The van der Waals surface area contributed by atoms with Gasteiger partial charge in [0.2, 0.25) is 0 Å². The summed E-state index contributed by atoms with van der Waals surface area (Å²) in [5.41, 5.74) is 5.12. The van der Waals surface area contributed by atoms with Crippen LogP contribution in [0.4, 0.5) is 4.79 Å². The number of carbonyl (C=O) groups is 1. The fraction of sp³-hybridized carbons (Fsp3) is 0.833. The maximum Gasteiger partial charge on any atom is 0.316 e. The molecule has 0 fully saturated rings. The van der Waals surface area contributed by atoms with Crippen molar-refractivity contribution in [2.75, 3.05) is 27.2 Å². The van der Waals surface area contributed by atoms with E-state index in [0.29, 0.717) is 0 Å². The maximum absolute atomic E-state index is 10.8. The van der Waals surface area contributed by atoms with Crippen molar-refractivity contribution in [3.8, 4) is 0 Å². The fourth-order valence-electron chi connectivity index (χ4n) is 0.447. The Balaban J connectivity index is 3.46. The van der Waals surface area contributed by atoms with Crippen molar-refractivity contribution in [3.63, 3.8) is 0 Å². The molecule has 0 saturated heterocycles. The third kappa shape index (κ3) is 4.58. The molecule has 0 saturated carbocycles. The van der Waals surface area contributed by atoms with Crippen LogP contribution in [0.5, 0.6) is 0 Å². The molecule has 11 heavy (non-hydrogen) atoms. The van der Waals surface area contributed by atoms with E-state index in [1.165, 1.54) is 4.90 Å². The number of aliphatic hydroxyl groups excluding tert-OH is 1. The van der Waals surface area contributed by atoms with Crippen LogP contribution in [0.3, 0.4) is 0 Å². The Morgan fingerprint density at radius 3 is 2.64 bits per heavy atom. The summed E-state index contributed by atoms with van der Waals surface area (Å²) in [6, 6.07) is -0.225. The molecule has 66 valence electrons. The lowest BCUT2D eigenvalue weighted by molar-refractivity contribution is 0.172. The number of hydrogen-bond donors (Lipinski definition) is 3. The van der Waals surface area contributed by atoms with Crippen LogP contribution in [0.15, 0.2) is 0 Å². The van der Waals surface area contributed by atoms with E-state index >= 15 is 0 Å². The highest BCUT2D eigenvalue weighted by Crippen LogP contribution is 1.79. The summed E-state index contributed by atoms with van der Waals surface area (Å²) in [6.45, 7) is 0.362. The molecule has 0 rings (SSSR count). The third-order valence-corrected chi connectivity index (χ3v) is 1.17. The summed E-state index contributed by atoms with van der Waals surface area (Å²) in [6.07, 6.45) is -0.654. The molecule has 0 aliphatic heterocycles. The molecule has 2 amide bonds. The molecular weight excluding hydrogens is 146 g/mol. The van der Waals surface area contributed by atoms with Crippen LogP contribution >= 0.6 is 0 Å². The van der Waals surface area contributed by atoms with Gasteiger partial charge in [-0.15, -0.1) is 0 Å². The Bertz CT molecular complexity index is 127. The summed E-state index contributed by atoms with van der Waals surface area (Å²) in [7, 11) is 3.26. The summed E-state index contributed by atoms with van der Waals surface area (Å²) >= 11 is 0. The van der Waals surface area contributed by atoms with Crippen molar-refractivity contribution in [2.45, 2.75) is 6.10 Å². The Labute approximate surface area is 66.2 Å². The zero-order valence-electron chi connectivity index (χ0n) is 6.87. The second-order valence-electron chi connectivity index (χ2n) is 2.47. The van der Waals surface area contributed by atoms with Crippen LogP contribution in [0.25, 0.3) is 0 Å². The largest absolute Gasteiger partial charge is 0.390 e. The minimum atomic E-state index is -0.654. The lowest BCUT2D eigenvalue weighted by Gasteiger charge is -2.13.